The van der Waals surface area contributed by atoms with E-state index in [1.54, 1.807) is 24.3 Å². The van der Waals surface area contributed by atoms with Gasteiger partial charge in [-0.3, -0.25) is 9.59 Å². The fourth-order valence-corrected chi connectivity index (χ4v) is 1.79. The molecule has 2 aromatic rings. The SMILES string of the molecule is CCCC(=O)Oc1ccc(C(=O)Nc2ccccc2)cc1. The van der Waals surface area contributed by atoms with Gasteiger partial charge >= 0.3 is 5.97 Å². The van der Waals surface area contributed by atoms with Gasteiger partial charge in [0.25, 0.3) is 5.91 Å². The van der Waals surface area contributed by atoms with Gasteiger partial charge < -0.3 is 10.1 Å². The van der Waals surface area contributed by atoms with Gasteiger partial charge in [0, 0.05) is 17.7 Å². The van der Waals surface area contributed by atoms with Gasteiger partial charge in [-0.2, -0.15) is 0 Å². The van der Waals surface area contributed by atoms with Crippen molar-refractivity contribution in [2.75, 3.05) is 5.32 Å². The lowest BCUT2D eigenvalue weighted by molar-refractivity contribution is -0.134. The Morgan fingerprint density at radius 3 is 2.29 bits per heavy atom. The zero-order valence-electron chi connectivity index (χ0n) is 11.8. The van der Waals surface area contributed by atoms with Crippen LogP contribution in [0.5, 0.6) is 5.75 Å². The number of esters is 1. The Morgan fingerprint density at radius 1 is 1.00 bits per heavy atom. The number of amides is 1. The van der Waals surface area contributed by atoms with Crippen molar-refractivity contribution in [1.82, 2.24) is 0 Å². The van der Waals surface area contributed by atoms with E-state index in [4.69, 9.17) is 4.74 Å². The van der Waals surface area contributed by atoms with Crippen molar-refractivity contribution in [3.63, 3.8) is 0 Å². The van der Waals surface area contributed by atoms with Crippen LogP contribution in [0.3, 0.4) is 0 Å². The van der Waals surface area contributed by atoms with Gasteiger partial charge in [-0.05, 0) is 42.8 Å². The zero-order chi connectivity index (χ0) is 15.1. The summed E-state index contributed by atoms with van der Waals surface area (Å²) < 4.78 is 5.14. The summed E-state index contributed by atoms with van der Waals surface area (Å²) >= 11 is 0. The van der Waals surface area contributed by atoms with Gasteiger partial charge in [-0.25, -0.2) is 0 Å². The summed E-state index contributed by atoms with van der Waals surface area (Å²) in [6.45, 7) is 1.91. The Bertz CT molecular complexity index is 606. The second-order valence-corrected chi connectivity index (χ2v) is 4.57. The van der Waals surface area contributed by atoms with Crippen LogP contribution in [0, 0.1) is 0 Å². The number of hydrogen-bond donors (Lipinski definition) is 1. The summed E-state index contributed by atoms with van der Waals surface area (Å²) in [4.78, 5) is 23.4. The van der Waals surface area contributed by atoms with Crippen molar-refractivity contribution >= 4 is 17.6 Å². The number of anilines is 1. The summed E-state index contributed by atoms with van der Waals surface area (Å²) in [6, 6.07) is 15.7. The molecule has 0 atom stereocenters. The van der Waals surface area contributed by atoms with Crippen molar-refractivity contribution in [1.29, 1.82) is 0 Å². The third-order valence-corrected chi connectivity index (χ3v) is 2.83. The molecule has 0 aliphatic carbocycles. The normalized spacial score (nSPS) is 9.95. The van der Waals surface area contributed by atoms with Crippen LogP contribution in [0.25, 0.3) is 0 Å². The largest absolute Gasteiger partial charge is 0.427 e. The fourth-order valence-electron chi connectivity index (χ4n) is 1.79. The standard InChI is InChI=1S/C17H17NO3/c1-2-6-16(19)21-15-11-9-13(10-12-15)17(20)18-14-7-4-3-5-8-14/h3-5,7-12H,2,6H2,1H3,(H,18,20). The highest BCUT2D eigenvalue weighted by molar-refractivity contribution is 6.04. The lowest BCUT2D eigenvalue weighted by Crippen LogP contribution is -2.12. The van der Waals surface area contributed by atoms with E-state index in [0.717, 1.165) is 12.1 Å². The minimum absolute atomic E-state index is 0.201. The Kier molecular flexibility index (Phi) is 5.10. The van der Waals surface area contributed by atoms with Gasteiger partial charge in [0.15, 0.2) is 0 Å². The summed E-state index contributed by atoms with van der Waals surface area (Å²) in [7, 11) is 0. The highest BCUT2D eigenvalue weighted by Gasteiger charge is 2.07. The molecule has 0 fully saturated rings. The molecule has 1 N–H and O–H groups in total. The number of nitrogens with one attached hydrogen (secondary N) is 1. The number of carbonyl (C=O) groups is 2. The lowest BCUT2D eigenvalue weighted by Gasteiger charge is -2.06. The summed E-state index contributed by atoms with van der Waals surface area (Å²) in [5.41, 5.74) is 1.25. The van der Waals surface area contributed by atoms with Crippen molar-refractivity contribution in [2.24, 2.45) is 0 Å². The minimum atomic E-state index is -0.265. The minimum Gasteiger partial charge on any atom is -0.427 e. The molecule has 0 saturated carbocycles. The molecular formula is C17H17NO3. The van der Waals surface area contributed by atoms with Gasteiger partial charge in [0.2, 0.25) is 0 Å². The van der Waals surface area contributed by atoms with E-state index in [1.165, 1.54) is 0 Å². The van der Waals surface area contributed by atoms with Crippen molar-refractivity contribution in [2.45, 2.75) is 19.8 Å². The van der Waals surface area contributed by atoms with E-state index in [9.17, 15) is 9.59 Å². The predicted molar refractivity (Wildman–Crippen MR) is 81.4 cm³/mol. The van der Waals surface area contributed by atoms with Crippen molar-refractivity contribution < 1.29 is 14.3 Å². The van der Waals surface area contributed by atoms with E-state index in [2.05, 4.69) is 5.32 Å². The summed E-state index contributed by atoms with van der Waals surface area (Å²) in [5.74, 6) is -0.0173. The number of benzene rings is 2. The zero-order valence-corrected chi connectivity index (χ0v) is 11.8. The third kappa shape index (κ3) is 4.45. The first-order chi connectivity index (χ1) is 10.2. The van der Waals surface area contributed by atoms with E-state index < -0.39 is 0 Å². The average Bonchev–Trinajstić information content (AvgIpc) is 2.49. The van der Waals surface area contributed by atoms with Crippen molar-refractivity contribution in [3.05, 3.63) is 60.2 Å². The molecule has 1 amide bonds. The number of hydrogen-bond acceptors (Lipinski definition) is 3. The molecule has 0 unspecified atom stereocenters. The topological polar surface area (TPSA) is 55.4 Å². The Labute approximate surface area is 123 Å². The van der Waals surface area contributed by atoms with Crippen LogP contribution in [0.1, 0.15) is 30.1 Å². The Morgan fingerprint density at radius 2 is 1.67 bits per heavy atom. The highest BCUT2D eigenvalue weighted by Crippen LogP contribution is 2.15. The van der Waals surface area contributed by atoms with E-state index in [1.807, 2.05) is 37.3 Å². The van der Waals surface area contributed by atoms with Crippen LogP contribution in [-0.4, -0.2) is 11.9 Å². The lowest BCUT2D eigenvalue weighted by atomic mass is 10.2. The Hall–Kier alpha value is -2.62. The van der Waals surface area contributed by atoms with Crippen LogP contribution in [0.2, 0.25) is 0 Å². The maximum atomic E-state index is 12.0. The van der Waals surface area contributed by atoms with E-state index >= 15 is 0 Å². The van der Waals surface area contributed by atoms with Gasteiger partial charge in [0.1, 0.15) is 5.75 Å². The molecule has 21 heavy (non-hydrogen) atoms. The van der Waals surface area contributed by atoms with Gasteiger partial charge in [-0.15, -0.1) is 0 Å². The van der Waals surface area contributed by atoms with Crippen LogP contribution in [-0.2, 0) is 4.79 Å². The number of ether oxygens (including phenoxy) is 1. The van der Waals surface area contributed by atoms with Gasteiger partial charge in [0.05, 0.1) is 0 Å². The van der Waals surface area contributed by atoms with Crippen LogP contribution in [0.4, 0.5) is 5.69 Å². The van der Waals surface area contributed by atoms with Gasteiger partial charge in [-0.1, -0.05) is 25.1 Å². The smallest absolute Gasteiger partial charge is 0.311 e. The first-order valence-electron chi connectivity index (χ1n) is 6.86. The molecule has 2 aromatic carbocycles. The monoisotopic (exact) mass is 283 g/mol. The maximum absolute atomic E-state index is 12.0. The average molecular weight is 283 g/mol. The van der Waals surface area contributed by atoms with Crippen LogP contribution < -0.4 is 10.1 Å². The highest BCUT2D eigenvalue weighted by atomic mass is 16.5. The molecule has 0 bridgehead atoms. The van der Waals surface area contributed by atoms with Crippen LogP contribution in [0.15, 0.2) is 54.6 Å². The molecule has 0 spiro atoms. The molecule has 0 radical (unpaired) electrons. The molecular weight excluding hydrogens is 266 g/mol. The molecule has 108 valence electrons. The first kappa shape index (κ1) is 14.8. The second-order valence-electron chi connectivity index (χ2n) is 4.57. The summed E-state index contributed by atoms with van der Waals surface area (Å²) in [5, 5.41) is 2.79. The van der Waals surface area contributed by atoms with E-state index in [0.29, 0.717) is 17.7 Å². The molecule has 0 heterocycles. The second kappa shape index (κ2) is 7.24. The third-order valence-electron chi connectivity index (χ3n) is 2.83. The molecule has 4 nitrogen and oxygen atoms in total. The number of para-hydroxylation sites is 1. The van der Waals surface area contributed by atoms with Crippen LogP contribution >= 0.6 is 0 Å². The summed E-state index contributed by atoms with van der Waals surface area (Å²) in [6.07, 6.45) is 1.13. The number of rotatable bonds is 5. The molecule has 2 rings (SSSR count). The number of carbonyl (C=O) groups excluding carboxylic acids is 2. The Balaban J connectivity index is 1.98. The fraction of sp³-hybridized carbons (Fsp3) is 0.176. The molecule has 4 heteroatoms. The molecule has 0 saturated heterocycles. The van der Waals surface area contributed by atoms with Crippen molar-refractivity contribution in [3.8, 4) is 5.75 Å². The first-order valence-corrected chi connectivity index (χ1v) is 6.86. The predicted octanol–water partition coefficient (Wildman–Crippen LogP) is 3.64. The van der Waals surface area contributed by atoms with E-state index in [-0.39, 0.29) is 11.9 Å². The maximum Gasteiger partial charge on any atom is 0.311 e. The molecule has 0 aromatic heterocycles. The molecule has 0 aliphatic heterocycles. The quantitative estimate of drug-likeness (QED) is 0.673. The molecule has 0 aliphatic rings.